The number of nitrogens with one attached hydrogen (secondary N) is 2. The Bertz CT molecular complexity index is 968. The van der Waals surface area contributed by atoms with Gasteiger partial charge >= 0.3 is 0 Å². The van der Waals surface area contributed by atoms with E-state index in [1.54, 1.807) is 0 Å². The predicted octanol–water partition coefficient (Wildman–Crippen LogP) is 5.08. The minimum Gasteiger partial charge on any atom is -0.355 e. The van der Waals surface area contributed by atoms with Crippen LogP contribution in [0.1, 0.15) is 88.0 Å². The first-order valence-corrected chi connectivity index (χ1v) is 13.0. The zero-order chi connectivity index (χ0) is 23.9. The van der Waals surface area contributed by atoms with E-state index in [2.05, 4.69) is 23.9 Å². The second-order valence-electron chi connectivity index (χ2n) is 9.23. The highest BCUT2D eigenvalue weighted by atomic mass is 32.2. The van der Waals surface area contributed by atoms with Crippen LogP contribution < -0.4 is 10.0 Å². The summed E-state index contributed by atoms with van der Waals surface area (Å²) in [6.45, 7) is 12.7. The molecule has 0 aliphatic rings. The van der Waals surface area contributed by atoms with Gasteiger partial charge < -0.3 is 5.32 Å². The van der Waals surface area contributed by atoms with Crippen molar-refractivity contribution in [3.63, 3.8) is 0 Å². The average molecular weight is 459 g/mol. The molecule has 176 valence electrons. The van der Waals surface area contributed by atoms with Crippen molar-refractivity contribution >= 4 is 15.9 Å². The number of carbonyl (C=O) groups is 1. The molecular formula is C26H38N2O3S. The molecular weight excluding hydrogens is 420 g/mol. The zero-order valence-electron chi connectivity index (χ0n) is 20.2. The van der Waals surface area contributed by atoms with Gasteiger partial charge in [-0.25, -0.2) is 13.1 Å². The molecule has 0 aromatic heterocycles. The largest absolute Gasteiger partial charge is 0.355 e. The quantitative estimate of drug-likeness (QED) is 0.461. The van der Waals surface area contributed by atoms with Crippen LogP contribution in [0.25, 0.3) is 0 Å². The van der Waals surface area contributed by atoms with Gasteiger partial charge in [0.1, 0.15) is 0 Å². The van der Waals surface area contributed by atoms with Gasteiger partial charge in [-0.15, -0.1) is 0 Å². The van der Waals surface area contributed by atoms with Gasteiger partial charge in [-0.3, -0.25) is 4.79 Å². The third kappa shape index (κ3) is 7.17. The van der Waals surface area contributed by atoms with Crippen LogP contribution in [0.15, 0.2) is 47.4 Å². The average Bonchev–Trinajstić information content (AvgIpc) is 2.74. The van der Waals surface area contributed by atoms with Crippen LogP contribution in [0.5, 0.6) is 0 Å². The number of hydrogen-bond acceptors (Lipinski definition) is 3. The molecule has 0 fully saturated rings. The third-order valence-electron chi connectivity index (χ3n) is 5.57. The summed E-state index contributed by atoms with van der Waals surface area (Å²) in [5.41, 5.74) is 3.95. The van der Waals surface area contributed by atoms with Crippen molar-refractivity contribution in [3.05, 3.63) is 64.7 Å². The van der Waals surface area contributed by atoms with Crippen LogP contribution in [0.4, 0.5) is 0 Å². The molecule has 2 aromatic rings. The highest BCUT2D eigenvalue weighted by Crippen LogP contribution is 2.34. The predicted molar refractivity (Wildman–Crippen MR) is 132 cm³/mol. The molecule has 0 unspecified atom stereocenters. The molecule has 0 radical (unpaired) electrons. The minimum atomic E-state index is -3.71. The maximum Gasteiger partial charge on any atom is 0.241 e. The molecule has 0 spiro atoms. The SMILES string of the molecule is CC(C)c1cc(C(C)C)c(S(=O)(=O)NCCNC(=O)CCc2ccccc2)c(C(C)C)c1. The Hall–Kier alpha value is -2.18. The van der Waals surface area contributed by atoms with Crippen molar-refractivity contribution in [2.24, 2.45) is 0 Å². The molecule has 0 saturated heterocycles. The Labute approximate surface area is 194 Å². The van der Waals surface area contributed by atoms with Crippen molar-refractivity contribution in [1.82, 2.24) is 10.0 Å². The lowest BCUT2D eigenvalue weighted by atomic mass is 9.89. The van der Waals surface area contributed by atoms with Gasteiger partial charge in [0.25, 0.3) is 0 Å². The fourth-order valence-corrected chi connectivity index (χ4v) is 5.38. The van der Waals surface area contributed by atoms with Gasteiger partial charge in [0.15, 0.2) is 0 Å². The Balaban J connectivity index is 2.07. The van der Waals surface area contributed by atoms with Crippen LogP contribution in [0, 0.1) is 0 Å². The topological polar surface area (TPSA) is 75.3 Å². The summed E-state index contributed by atoms with van der Waals surface area (Å²) in [4.78, 5) is 12.5. The van der Waals surface area contributed by atoms with E-state index in [1.165, 1.54) is 0 Å². The molecule has 0 saturated carbocycles. The first-order chi connectivity index (χ1) is 15.0. The normalized spacial score (nSPS) is 12.0. The molecule has 6 heteroatoms. The van der Waals surface area contributed by atoms with Gasteiger partial charge in [-0.05, 0) is 46.4 Å². The third-order valence-corrected chi connectivity index (χ3v) is 7.16. The number of aryl methyl sites for hydroxylation is 1. The monoisotopic (exact) mass is 458 g/mol. The molecule has 0 aliphatic heterocycles. The first kappa shape index (κ1) is 26.1. The number of hydrogen-bond donors (Lipinski definition) is 2. The summed E-state index contributed by atoms with van der Waals surface area (Å²) in [6.07, 6.45) is 1.04. The maximum absolute atomic E-state index is 13.3. The molecule has 2 aromatic carbocycles. The van der Waals surface area contributed by atoms with Gasteiger partial charge in [-0.1, -0.05) is 84.0 Å². The van der Waals surface area contributed by atoms with Gasteiger partial charge in [0.05, 0.1) is 4.90 Å². The molecule has 0 aliphatic carbocycles. The van der Waals surface area contributed by atoms with Crippen LogP contribution in [-0.4, -0.2) is 27.4 Å². The van der Waals surface area contributed by atoms with E-state index in [4.69, 9.17) is 0 Å². The number of sulfonamides is 1. The van der Waals surface area contributed by atoms with E-state index in [1.807, 2.05) is 70.2 Å². The van der Waals surface area contributed by atoms with E-state index in [9.17, 15) is 13.2 Å². The van der Waals surface area contributed by atoms with E-state index in [-0.39, 0.29) is 30.8 Å². The van der Waals surface area contributed by atoms with Gasteiger partial charge in [-0.2, -0.15) is 0 Å². The number of benzene rings is 2. The summed E-state index contributed by atoms with van der Waals surface area (Å²) >= 11 is 0. The van der Waals surface area contributed by atoms with Crippen molar-refractivity contribution in [3.8, 4) is 0 Å². The molecule has 2 N–H and O–H groups in total. The maximum atomic E-state index is 13.3. The minimum absolute atomic E-state index is 0.0791. The van der Waals surface area contributed by atoms with Crippen molar-refractivity contribution < 1.29 is 13.2 Å². The van der Waals surface area contributed by atoms with Crippen molar-refractivity contribution in [2.75, 3.05) is 13.1 Å². The fraction of sp³-hybridized carbons (Fsp3) is 0.500. The van der Waals surface area contributed by atoms with E-state index >= 15 is 0 Å². The van der Waals surface area contributed by atoms with Crippen LogP contribution in [-0.2, 0) is 21.2 Å². The molecule has 0 heterocycles. The Morgan fingerprint density at radius 3 is 1.91 bits per heavy atom. The second-order valence-corrected chi connectivity index (χ2v) is 10.9. The molecule has 32 heavy (non-hydrogen) atoms. The van der Waals surface area contributed by atoms with Gasteiger partial charge in [0.2, 0.25) is 15.9 Å². The Morgan fingerprint density at radius 1 is 0.844 bits per heavy atom. The number of rotatable bonds is 11. The molecule has 5 nitrogen and oxygen atoms in total. The molecule has 2 rings (SSSR count). The summed E-state index contributed by atoms with van der Waals surface area (Å²) in [5, 5.41) is 2.81. The Kier molecular flexibility index (Phi) is 9.47. The smallest absolute Gasteiger partial charge is 0.241 e. The molecule has 0 atom stereocenters. The molecule has 0 bridgehead atoms. The lowest BCUT2D eigenvalue weighted by Gasteiger charge is -2.23. The van der Waals surface area contributed by atoms with E-state index in [0.29, 0.717) is 23.7 Å². The Morgan fingerprint density at radius 2 is 1.41 bits per heavy atom. The van der Waals surface area contributed by atoms with Crippen molar-refractivity contribution in [2.45, 2.75) is 77.0 Å². The standard InChI is InChI=1S/C26H38N2O3S/c1-18(2)22-16-23(19(3)4)26(24(17-22)20(5)6)32(30,31)28-15-14-27-25(29)13-12-21-10-8-7-9-11-21/h7-11,16-20,28H,12-15H2,1-6H3,(H,27,29). The van der Waals surface area contributed by atoms with E-state index in [0.717, 1.165) is 22.3 Å². The second kappa shape index (κ2) is 11.6. The van der Waals surface area contributed by atoms with Crippen molar-refractivity contribution in [1.29, 1.82) is 0 Å². The summed E-state index contributed by atoms with van der Waals surface area (Å²) in [6, 6.07) is 13.9. The first-order valence-electron chi connectivity index (χ1n) is 11.5. The highest BCUT2D eigenvalue weighted by Gasteiger charge is 2.26. The fourth-order valence-electron chi connectivity index (χ4n) is 3.65. The highest BCUT2D eigenvalue weighted by molar-refractivity contribution is 7.89. The van der Waals surface area contributed by atoms with Crippen LogP contribution >= 0.6 is 0 Å². The van der Waals surface area contributed by atoms with Crippen LogP contribution in [0.3, 0.4) is 0 Å². The number of carbonyl (C=O) groups excluding carboxylic acids is 1. The summed E-state index contributed by atoms with van der Waals surface area (Å²) < 4.78 is 29.3. The molecule has 1 amide bonds. The van der Waals surface area contributed by atoms with Crippen LogP contribution in [0.2, 0.25) is 0 Å². The van der Waals surface area contributed by atoms with Gasteiger partial charge in [0, 0.05) is 19.5 Å². The lowest BCUT2D eigenvalue weighted by Crippen LogP contribution is -2.35. The summed E-state index contributed by atoms with van der Waals surface area (Å²) in [7, 11) is -3.71. The number of amides is 1. The summed E-state index contributed by atoms with van der Waals surface area (Å²) in [5.74, 6) is 0.395. The van der Waals surface area contributed by atoms with E-state index < -0.39 is 10.0 Å². The lowest BCUT2D eigenvalue weighted by molar-refractivity contribution is -0.121. The zero-order valence-corrected chi connectivity index (χ0v) is 21.1.